The Kier molecular flexibility index (Phi) is 7.58. The number of hydroxylamine groups is 1. The maximum absolute atomic E-state index is 12.3. The number of thioether (sulfide) groups is 1. The number of carbonyl (C=O) groups excluding carboxylic acids is 1. The molecule has 10 heteroatoms. The summed E-state index contributed by atoms with van der Waals surface area (Å²) in [7, 11) is 0. The van der Waals surface area contributed by atoms with Crippen LogP contribution < -0.4 is 10.7 Å². The van der Waals surface area contributed by atoms with Gasteiger partial charge >= 0.3 is 0 Å². The van der Waals surface area contributed by atoms with Gasteiger partial charge in [-0.25, -0.2) is 4.98 Å². The molecule has 1 amide bonds. The molecule has 3 rings (SSSR count). The third kappa shape index (κ3) is 5.62. The summed E-state index contributed by atoms with van der Waals surface area (Å²) in [5.41, 5.74) is 4.01. The number of amides is 1. The summed E-state index contributed by atoms with van der Waals surface area (Å²) in [5, 5.41) is 25.3. The van der Waals surface area contributed by atoms with Crippen LogP contribution in [-0.4, -0.2) is 68.8 Å². The number of aromatic nitrogens is 2. The van der Waals surface area contributed by atoms with E-state index >= 15 is 0 Å². The number of hydrogen-bond acceptors (Lipinski definition) is 9. The van der Waals surface area contributed by atoms with E-state index in [-0.39, 0.29) is 24.0 Å². The van der Waals surface area contributed by atoms with Crippen molar-refractivity contribution in [2.75, 3.05) is 24.7 Å². The van der Waals surface area contributed by atoms with E-state index in [1.807, 2.05) is 6.92 Å². The van der Waals surface area contributed by atoms with Crippen molar-refractivity contribution in [1.82, 2.24) is 30.8 Å². The summed E-state index contributed by atoms with van der Waals surface area (Å²) < 4.78 is 0. The molecule has 0 bridgehead atoms. The van der Waals surface area contributed by atoms with Gasteiger partial charge in [0.05, 0.1) is 18.0 Å². The van der Waals surface area contributed by atoms with Gasteiger partial charge in [-0.3, -0.25) is 20.1 Å². The Morgan fingerprint density at radius 1 is 1.39 bits per heavy atom. The molecule has 1 aliphatic carbocycles. The highest BCUT2D eigenvalue weighted by atomic mass is 32.2. The van der Waals surface area contributed by atoms with E-state index in [4.69, 9.17) is 5.26 Å². The molecule has 1 saturated heterocycles. The topological polar surface area (TPSA) is 120 Å². The minimum Gasteiger partial charge on any atom is -0.771 e. The number of rotatable bonds is 7. The van der Waals surface area contributed by atoms with E-state index in [0.29, 0.717) is 18.8 Å². The van der Waals surface area contributed by atoms with Gasteiger partial charge < -0.3 is 15.7 Å². The smallest absolute Gasteiger partial charge is 0.271 e. The lowest BCUT2D eigenvalue weighted by Crippen LogP contribution is -2.48. The highest BCUT2D eigenvalue weighted by Gasteiger charge is 2.26. The quantitative estimate of drug-likeness (QED) is 0.642. The van der Waals surface area contributed by atoms with Crippen molar-refractivity contribution in [2.24, 2.45) is 0 Å². The first-order valence-electron chi connectivity index (χ1n) is 9.57. The first-order chi connectivity index (χ1) is 13.6. The zero-order valence-electron chi connectivity index (χ0n) is 16.0. The minimum atomic E-state index is -0.219. The number of nitrogens with zero attached hydrogens (tertiary/aromatic N) is 5. The SMILES string of the molecule is Cc1cnc(C(=O)NC2CCC(N([O-])NCCN3CSCC3C#N)CC2)cn1. The highest BCUT2D eigenvalue weighted by molar-refractivity contribution is 7.99. The van der Waals surface area contributed by atoms with Gasteiger partial charge in [-0.1, -0.05) is 0 Å². The lowest BCUT2D eigenvalue weighted by atomic mass is 9.91. The fourth-order valence-electron chi connectivity index (χ4n) is 3.47. The lowest BCUT2D eigenvalue weighted by Gasteiger charge is -2.41. The predicted octanol–water partition coefficient (Wildman–Crippen LogP) is 1.03. The van der Waals surface area contributed by atoms with E-state index in [1.54, 1.807) is 18.0 Å². The number of hydrazine groups is 1. The molecule has 1 aromatic heterocycles. The van der Waals surface area contributed by atoms with Crippen LogP contribution in [0.1, 0.15) is 41.9 Å². The van der Waals surface area contributed by atoms with Crippen LogP contribution in [-0.2, 0) is 0 Å². The van der Waals surface area contributed by atoms with Crippen molar-refractivity contribution in [3.63, 3.8) is 0 Å². The largest absolute Gasteiger partial charge is 0.771 e. The van der Waals surface area contributed by atoms with Crippen molar-refractivity contribution in [1.29, 1.82) is 5.26 Å². The Morgan fingerprint density at radius 2 is 2.18 bits per heavy atom. The molecule has 0 radical (unpaired) electrons. The molecule has 2 heterocycles. The predicted molar refractivity (Wildman–Crippen MR) is 107 cm³/mol. The second-order valence-corrected chi connectivity index (χ2v) is 8.21. The van der Waals surface area contributed by atoms with Gasteiger partial charge in [-0.2, -0.15) is 5.26 Å². The second kappa shape index (κ2) is 10.1. The van der Waals surface area contributed by atoms with Crippen molar-refractivity contribution in [3.05, 3.63) is 29.0 Å². The van der Waals surface area contributed by atoms with Crippen molar-refractivity contribution in [3.8, 4) is 6.07 Å². The van der Waals surface area contributed by atoms with E-state index in [2.05, 4.69) is 31.7 Å². The van der Waals surface area contributed by atoms with Crippen LogP contribution in [0.4, 0.5) is 0 Å². The van der Waals surface area contributed by atoms with E-state index in [9.17, 15) is 10.0 Å². The fraction of sp³-hybridized carbons (Fsp3) is 0.667. The molecule has 1 aliphatic heterocycles. The molecule has 1 aromatic rings. The number of nitrogens with one attached hydrogen (secondary N) is 2. The highest BCUT2D eigenvalue weighted by Crippen LogP contribution is 2.22. The van der Waals surface area contributed by atoms with E-state index < -0.39 is 0 Å². The molecule has 152 valence electrons. The monoisotopic (exact) mass is 404 g/mol. The maximum Gasteiger partial charge on any atom is 0.271 e. The van der Waals surface area contributed by atoms with Gasteiger partial charge in [-0.15, -0.1) is 11.8 Å². The molecule has 28 heavy (non-hydrogen) atoms. The van der Waals surface area contributed by atoms with Crippen LogP contribution >= 0.6 is 11.8 Å². The van der Waals surface area contributed by atoms with Crippen LogP contribution in [0.5, 0.6) is 0 Å². The number of aryl methyl sites for hydroxylation is 1. The minimum absolute atomic E-state index is 0.0517. The second-order valence-electron chi connectivity index (χ2n) is 7.21. The Balaban J connectivity index is 1.35. The van der Waals surface area contributed by atoms with E-state index in [0.717, 1.165) is 48.2 Å². The Bertz CT molecular complexity index is 688. The van der Waals surface area contributed by atoms with Crippen LogP contribution in [0.3, 0.4) is 0 Å². The van der Waals surface area contributed by atoms with Gasteiger partial charge in [0.25, 0.3) is 5.91 Å². The van der Waals surface area contributed by atoms with Gasteiger partial charge in [0.1, 0.15) is 11.7 Å². The Labute approximate surface area is 169 Å². The summed E-state index contributed by atoms with van der Waals surface area (Å²) in [5.74, 6) is 1.46. The number of carbonyl (C=O) groups is 1. The first-order valence-corrected chi connectivity index (χ1v) is 10.7. The zero-order chi connectivity index (χ0) is 19.9. The average molecular weight is 405 g/mol. The number of nitriles is 1. The van der Waals surface area contributed by atoms with Crippen molar-refractivity contribution in [2.45, 2.75) is 50.7 Å². The fourth-order valence-corrected chi connectivity index (χ4v) is 4.63. The zero-order valence-corrected chi connectivity index (χ0v) is 16.8. The van der Waals surface area contributed by atoms with Crippen molar-refractivity contribution < 1.29 is 4.79 Å². The lowest BCUT2D eigenvalue weighted by molar-refractivity contribution is 0.0895. The van der Waals surface area contributed by atoms with Crippen LogP contribution in [0.15, 0.2) is 12.4 Å². The summed E-state index contributed by atoms with van der Waals surface area (Å²) in [6.07, 6.45) is 6.02. The summed E-state index contributed by atoms with van der Waals surface area (Å²) in [6.45, 7) is 3.04. The Morgan fingerprint density at radius 3 is 2.86 bits per heavy atom. The summed E-state index contributed by atoms with van der Waals surface area (Å²) in [6, 6.07) is 2.20. The Hall–Kier alpha value is -1.77. The molecule has 1 atom stereocenters. The van der Waals surface area contributed by atoms with E-state index in [1.165, 1.54) is 6.20 Å². The normalized spacial score (nSPS) is 25.6. The van der Waals surface area contributed by atoms with Gasteiger partial charge in [0.2, 0.25) is 0 Å². The van der Waals surface area contributed by atoms with Gasteiger partial charge in [0.15, 0.2) is 0 Å². The standard InChI is InChI=1S/C18H26N7O2S/c1-13-9-21-17(10-20-13)18(26)23-14-2-4-15(5-3-14)25(27)22-6-7-24-12-28-11-16(24)8-19/h9-10,14-16,22H,2-7,11-12H2,1H3,(H,23,26)/q-1. The molecule has 2 aliphatic rings. The molecule has 2 fully saturated rings. The molecule has 9 nitrogen and oxygen atoms in total. The molecule has 2 N–H and O–H groups in total. The molecule has 1 unspecified atom stereocenters. The molecule has 0 spiro atoms. The third-order valence-corrected chi connectivity index (χ3v) is 6.23. The van der Waals surface area contributed by atoms with Crippen LogP contribution in [0.25, 0.3) is 0 Å². The summed E-state index contributed by atoms with van der Waals surface area (Å²) >= 11 is 1.75. The maximum atomic E-state index is 12.3. The molecule has 1 saturated carbocycles. The molecular formula is C18H26N7O2S-. The van der Waals surface area contributed by atoms with Crippen LogP contribution in [0, 0.1) is 23.5 Å². The third-order valence-electron chi connectivity index (χ3n) is 5.17. The average Bonchev–Trinajstić information content (AvgIpc) is 3.16. The number of hydrogen-bond donors (Lipinski definition) is 2. The summed E-state index contributed by atoms with van der Waals surface area (Å²) in [4.78, 5) is 22.5. The van der Waals surface area contributed by atoms with Crippen molar-refractivity contribution >= 4 is 17.7 Å². The van der Waals surface area contributed by atoms with Crippen LogP contribution in [0.2, 0.25) is 0 Å². The molecular weight excluding hydrogens is 378 g/mol. The van der Waals surface area contributed by atoms with Gasteiger partial charge in [0, 0.05) is 43.0 Å². The van der Waals surface area contributed by atoms with Gasteiger partial charge in [-0.05, 0) is 32.6 Å². The first kappa shape index (κ1) is 21.0. The molecule has 0 aromatic carbocycles.